The Bertz CT molecular complexity index is 747. The molecule has 0 unspecified atom stereocenters. The molecular formula is C15H14N2O2. The summed E-state index contributed by atoms with van der Waals surface area (Å²) in [5.41, 5.74) is 8.70. The molecule has 96 valence electrons. The highest BCUT2D eigenvalue weighted by atomic mass is 16.5. The number of aromatic nitrogens is 1. The number of hydrogen-bond donors (Lipinski definition) is 3. The van der Waals surface area contributed by atoms with E-state index >= 15 is 0 Å². The fourth-order valence-corrected chi connectivity index (χ4v) is 2.28. The number of benzene rings is 2. The Kier molecular flexibility index (Phi) is 2.56. The van der Waals surface area contributed by atoms with E-state index in [0.717, 1.165) is 27.6 Å². The lowest BCUT2D eigenvalue weighted by atomic mass is 10.00. The number of hydrogen-bond acceptors (Lipinski definition) is 3. The molecule has 0 saturated carbocycles. The van der Waals surface area contributed by atoms with E-state index in [0.29, 0.717) is 5.75 Å². The number of nitrogens with two attached hydrogens (primary N) is 1. The van der Waals surface area contributed by atoms with E-state index in [9.17, 15) is 5.11 Å². The number of anilines is 1. The highest BCUT2D eigenvalue weighted by Gasteiger charge is 2.09. The number of H-pyrrole nitrogens is 1. The summed E-state index contributed by atoms with van der Waals surface area (Å²) in [6.07, 6.45) is 3.80. The summed E-state index contributed by atoms with van der Waals surface area (Å²) < 4.78 is 5.14. The van der Waals surface area contributed by atoms with Crippen molar-refractivity contribution in [2.75, 3.05) is 12.8 Å². The summed E-state index contributed by atoms with van der Waals surface area (Å²) >= 11 is 0. The van der Waals surface area contributed by atoms with Gasteiger partial charge in [-0.2, -0.15) is 0 Å². The van der Waals surface area contributed by atoms with E-state index in [1.807, 2.05) is 36.7 Å². The minimum atomic E-state index is 0.131. The lowest BCUT2D eigenvalue weighted by molar-refractivity contribution is 0.373. The molecule has 19 heavy (non-hydrogen) atoms. The van der Waals surface area contributed by atoms with Gasteiger partial charge in [-0.15, -0.1) is 0 Å². The van der Waals surface area contributed by atoms with Gasteiger partial charge in [0.25, 0.3) is 0 Å². The van der Waals surface area contributed by atoms with Crippen LogP contribution in [0, 0.1) is 0 Å². The molecule has 0 fully saturated rings. The topological polar surface area (TPSA) is 71.3 Å². The van der Waals surface area contributed by atoms with Crippen LogP contribution in [0.2, 0.25) is 0 Å². The number of phenols is 1. The molecule has 0 amide bonds. The van der Waals surface area contributed by atoms with Gasteiger partial charge in [0, 0.05) is 28.9 Å². The smallest absolute Gasteiger partial charge is 0.161 e. The summed E-state index contributed by atoms with van der Waals surface area (Å²) in [7, 11) is 1.54. The van der Waals surface area contributed by atoms with Gasteiger partial charge in [0.15, 0.2) is 11.5 Å². The van der Waals surface area contributed by atoms with E-state index < -0.39 is 0 Å². The number of nitrogens with one attached hydrogen (secondary N) is 1. The average molecular weight is 254 g/mol. The van der Waals surface area contributed by atoms with Crippen molar-refractivity contribution >= 4 is 16.5 Å². The van der Waals surface area contributed by atoms with E-state index in [2.05, 4.69) is 4.98 Å². The van der Waals surface area contributed by atoms with Gasteiger partial charge in [0.2, 0.25) is 0 Å². The Morgan fingerprint density at radius 3 is 2.68 bits per heavy atom. The molecule has 0 saturated heterocycles. The van der Waals surface area contributed by atoms with Gasteiger partial charge in [0.1, 0.15) is 0 Å². The summed E-state index contributed by atoms with van der Waals surface area (Å²) in [6.45, 7) is 0. The van der Waals surface area contributed by atoms with Crippen LogP contribution in [0.1, 0.15) is 0 Å². The third kappa shape index (κ3) is 1.78. The van der Waals surface area contributed by atoms with E-state index in [-0.39, 0.29) is 5.75 Å². The fourth-order valence-electron chi connectivity index (χ4n) is 2.28. The lowest BCUT2D eigenvalue weighted by Gasteiger charge is -2.09. The predicted octanol–water partition coefficient (Wildman–Crippen LogP) is 3.13. The Hall–Kier alpha value is -2.62. The van der Waals surface area contributed by atoms with E-state index in [1.54, 1.807) is 6.07 Å². The normalized spacial score (nSPS) is 10.8. The molecule has 3 aromatic rings. The molecule has 4 nitrogen and oxygen atoms in total. The molecule has 2 aromatic carbocycles. The number of nitrogen functional groups attached to an aromatic ring is 1. The highest BCUT2D eigenvalue weighted by Crippen LogP contribution is 2.36. The SMILES string of the molecule is COc1cc(-c2ccc(N)c3c[nH]cc23)ccc1O. The molecule has 0 aliphatic carbocycles. The van der Waals surface area contributed by atoms with Crippen LogP contribution >= 0.6 is 0 Å². The molecule has 1 heterocycles. The third-order valence-electron chi connectivity index (χ3n) is 3.27. The van der Waals surface area contributed by atoms with E-state index in [4.69, 9.17) is 10.5 Å². The lowest BCUT2D eigenvalue weighted by Crippen LogP contribution is -1.88. The highest BCUT2D eigenvalue weighted by molar-refractivity contribution is 6.02. The maximum atomic E-state index is 9.65. The first kappa shape index (κ1) is 11.5. The Balaban J connectivity index is 2.24. The molecule has 0 spiro atoms. The molecule has 3 rings (SSSR count). The third-order valence-corrected chi connectivity index (χ3v) is 3.27. The second kappa shape index (κ2) is 4.24. The number of methoxy groups -OCH3 is 1. The molecule has 0 radical (unpaired) electrons. The van der Waals surface area contributed by atoms with Crippen molar-refractivity contribution in [1.29, 1.82) is 0 Å². The number of ether oxygens (including phenoxy) is 1. The van der Waals surface area contributed by atoms with Crippen LogP contribution in [0.4, 0.5) is 5.69 Å². The summed E-state index contributed by atoms with van der Waals surface area (Å²) in [5.74, 6) is 0.588. The minimum Gasteiger partial charge on any atom is -0.504 e. The van der Waals surface area contributed by atoms with Gasteiger partial charge in [-0.1, -0.05) is 12.1 Å². The first-order valence-electron chi connectivity index (χ1n) is 5.93. The van der Waals surface area contributed by atoms with Gasteiger partial charge in [-0.25, -0.2) is 0 Å². The summed E-state index contributed by atoms with van der Waals surface area (Å²) in [4.78, 5) is 3.07. The van der Waals surface area contributed by atoms with Crippen molar-refractivity contribution in [3.05, 3.63) is 42.7 Å². The molecule has 0 aliphatic rings. The van der Waals surface area contributed by atoms with Crippen LogP contribution in [0.25, 0.3) is 21.9 Å². The van der Waals surface area contributed by atoms with Crippen molar-refractivity contribution in [2.45, 2.75) is 0 Å². The van der Waals surface area contributed by atoms with Gasteiger partial charge in [-0.3, -0.25) is 0 Å². The largest absolute Gasteiger partial charge is 0.504 e. The summed E-state index contributed by atoms with van der Waals surface area (Å²) in [6, 6.07) is 9.15. The van der Waals surface area contributed by atoms with Crippen LogP contribution in [-0.2, 0) is 0 Å². The number of fused-ring (bicyclic) bond motifs is 1. The van der Waals surface area contributed by atoms with Crippen molar-refractivity contribution in [1.82, 2.24) is 4.98 Å². The van der Waals surface area contributed by atoms with Gasteiger partial charge >= 0.3 is 0 Å². The van der Waals surface area contributed by atoms with Crippen LogP contribution in [0.5, 0.6) is 11.5 Å². The Labute approximate surface area is 110 Å². The van der Waals surface area contributed by atoms with Crippen molar-refractivity contribution in [2.24, 2.45) is 0 Å². The summed E-state index contributed by atoms with van der Waals surface area (Å²) in [5, 5.41) is 11.7. The number of rotatable bonds is 2. The van der Waals surface area contributed by atoms with E-state index in [1.165, 1.54) is 7.11 Å². The molecule has 0 bridgehead atoms. The second-order valence-corrected chi connectivity index (χ2v) is 4.37. The number of phenolic OH excluding ortho intramolecular Hbond substituents is 1. The van der Waals surface area contributed by atoms with Gasteiger partial charge < -0.3 is 20.6 Å². The fraction of sp³-hybridized carbons (Fsp3) is 0.0667. The van der Waals surface area contributed by atoms with Crippen molar-refractivity contribution < 1.29 is 9.84 Å². The number of aromatic hydroxyl groups is 1. The monoisotopic (exact) mass is 254 g/mol. The minimum absolute atomic E-state index is 0.131. The molecule has 4 heteroatoms. The maximum absolute atomic E-state index is 9.65. The Morgan fingerprint density at radius 1 is 1.11 bits per heavy atom. The molecule has 4 N–H and O–H groups in total. The van der Waals surface area contributed by atoms with Crippen LogP contribution in [0.15, 0.2) is 42.7 Å². The van der Waals surface area contributed by atoms with Crippen molar-refractivity contribution in [3.63, 3.8) is 0 Å². The van der Waals surface area contributed by atoms with Gasteiger partial charge in [-0.05, 0) is 29.3 Å². The van der Waals surface area contributed by atoms with Crippen LogP contribution in [-0.4, -0.2) is 17.2 Å². The zero-order valence-electron chi connectivity index (χ0n) is 10.5. The zero-order chi connectivity index (χ0) is 13.4. The Morgan fingerprint density at radius 2 is 1.89 bits per heavy atom. The molecule has 0 atom stereocenters. The van der Waals surface area contributed by atoms with Crippen molar-refractivity contribution in [3.8, 4) is 22.6 Å². The predicted molar refractivity (Wildman–Crippen MR) is 76.4 cm³/mol. The second-order valence-electron chi connectivity index (χ2n) is 4.37. The quantitative estimate of drug-likeness (QED) is 0.615. The molecule has 0 aliphatic heterocycles. The average Bonchev–Trinajstić information content (AvgIpc) is 2.90. The molecular weight excluding hydrogens is 240 g/mol. The standard InChI is InChI=1S/C15H14N2O2/c1-19-15-6-9(2-5-14(15)18)10-3-4-13(16)12-8-17-7-11(10)12/h2-8,17-18H,16H2,1H3. The zero-order valence-corrected chi connectivity index (χ0v) is 10.5. The van der Waals surface area contributed by atoms with Crippen LogP contribution in [0.3, 0.4) is 0 Å². The maximum Gasteiger partial charge on any atom is 0.161 e. The van der Waals surface area contributed by atoms with Gasteiger partial charge in [0.05, 0.1) is 7.11 Å². The first-order chi connectivity index (χ1) is 9.20. The molecule has 1 aromatic heterocycles. The number of aromatic amines is 1. The first-order valence-corrected chi connectivity index (χ1v) is 5.93. The van der Waals surface area contributed by atoms with Crippen LogP contribution < -0.4 is 10.5 Å².